The summed E-state index contributed by atoms with van der Waals surface area (Å²) in [5.41, 5.74) is 1.10. The Morgan fingerprint density at radius 1 is 1.33 bits per heavy atom. The molecule has 1 aromatic carbocycles. The van der Waals surface area contributed by atoms with Crippen molar-refractivity contribution in [2.45, 2.75) is 38.3 Å². The SMILES string of the molecule is O=C(NCC1CCCO1)C1=NN(Cc2ccc(F)cc2)C(=O)CC1. The first-order valence-electron chi connectivity index (χ1n) is 8.14. The Balaban J connectivity index is 1.61. The number of benzene rings is 1. The van der Waals surface area contributed by atoms with Crippen molar-refractivity contribution in [3.8, 4) is 0 Å². The molecule has 6 nitrogen and oxygen atoms in total. The molecule has 2 aliphatic heterocycles. The number of hydrazone groups is 1. The minimum absolute atomic E-state index is 0.0649. The number of amides is 2. The molecule has 3 rings (SSSR count). The molecule has 2 amide bonds. The maximum absolute atomic E-state index is 13.0. The van der Waals surface area contributed by atoms with Gasteiger partial charge < -0.3 is 10.1 Å². The topological polar surface area (TPSA) is 71.0 Å². The molecule has 1 fully saturated rings. The molecule has 1 unspecified atom stereocenters. The first kappa shape index (κ1) is 16.6. The van der Waals surface area contributed by atoms with E-state index in [9.17, 15) is 14.0 Å². The molecular formula is C17H20FN3O3. The first-order chi connectivity index (χ1) is 11.6. The Morgan fingerprint density at radius 3 is 2.83 bits per heavy atom. The van der Waals surface area contributed by atoms with Crippen LogP contribution in [-0.2, 0) is 20.9 Å². The lowest BCUT2D eigenvalue weighted by Gasteiger charge is -2.23. The highest BCUT2D eigenvalue weighted by molar-refractivity contribution is 6.39. The zero-order valence-electron chi connectivity index (χ0n) is 13.3. The summed E-state index contributed by atoms with van der Waals surface area (Å²) in [6.45, 7) is 1.42. The molecule has 0 aromatic heterocycles. The van der Waals surface area contributed by atoms with E-state index in [2.05, 4.69) is 10.4 Å². The molecule has 1 N–H and O–H groups in total. The minimum atomic E-state index is -0.332. The number of halogens is 1. The molecule has 24 heavy (non-hydrogen) atoms. The molecule has 0 aliphatic carbocycles. The fraction of sp³-hybridized carbons (Fsp3) is 0.471. The summed E-state index contributed by atoms with van der Waals surface area (Å²) in [5.74, 6) is -0.737. The molecule has 128 valence electrons. The maximum atomic E-state index is 13.0. The highest BCUT2D eigenvalue weighted by Gasteiger charge is 2.25. The highest BCUT2D eigenvalue weighted by Crippen LogP contribution is 2.15. The van der Waals surface area contributed by atoms with Crippen molar-refractivity contribution >= 4 is 17.5 Å². The lowest BCUT2D eigenvalue weighted by atomic mass is 10.1. The molecule has 2 heterocycles. The smallest absolute Gasteiger partial charge is 0.267 e. The van der Waals surface area contributed by atoms with E-state index in [1.54, 1.807) is 12.1 Å². The van der Waals surface area contributed by atoms with Gasteiger partial charge in [0.15, 0.2) is 0 Å². The lowest BCUT2D eigenvalue weighted by molar-refractivity contribution is -0.132. The van der Waals surface area contributed by atoms with Crippen LogP contribution in [0.15, 0.2) is 29.4 Å². The van der Waals surface area contributed by atoms with Crippen LogP contribution >= 0.6 is 0 Å². The van der Waals surface area contributed by atoms with Crippen molar-refractivity contribution in [3.05, 3.63) is 35.6 Å². The monoisotopic (exact) mass is 333 g/mol. The Morgan fingerprint density at radius 2 is 2.12 bits per heavy atom. The van der Waals surface area contributed by atoms with E-state index < -0.39 is 0 Å². The van der Waals surface area contributed by atoms with Gasteiger partial charge in [0.2, 0.25) is 5.91 Å². The first-order valence-corrected chi connectivity index (χ1v) is 8.14. The number of rotatable bonds is 5. The van der Waals surface area contributed by atoms with Crippen LogP contribution in [0.2, 0.25) is 0 Å². The van der Waals surface area contributed by atoms with E-state index in [1.165, 1.54) is 17.1 Å². The molecule has 1 atom stereocenters. The Bertz CT molecular complexity index is 639. The predicted molar refractivity (Wildman–Crippen MR) is 85.6 cm³/mol. The van der Waals surface area contributed by atoms with Gasteiger partial charge in [-0.25, -0.2) is 9.40 Å². The van der Waals surface area contributed by atoms with E-state index >= 15 is 0 Å². The third kappa shape index (κ3) is 4.17. The molecule has 0 saturated carbocycles. The second-order valence-electron chi connectivity index (χ2n) is 5.97. The summed E-state index contributed by atoms with van der Waals surface area (Å²) in [6.07, 6.45) is 2.60. The number of carbonyl (C=O) groups is 2. The van der Waals surface area contributed by atoms with Crippen molar-refractivity contribution < 1.29 is 18.7 Å². The molecular weight excluding hydrogens is 313 g/mol. The molecule has 1 aromatic rings. The molecule has 1 saturated heterocycles. The van der Waals surface area contributed by atoms with Crippen LogP contribution in [0.3, 0.4) is 0 Å². The lowest BCUT2D eigenvalue weighted by Crippen LogP contribution is -2.41. The van der Waals surface area contributed by atoms with Gasteiger partial charge in [-0.05, 0) is 30.5 Å². The largest absolute Gasteiger partial charge is 0.376 e. The second kappa shape index (κ2) is 7.53. The van der Waals surface area contributed by atoms with Crippen molar-refractivity contribution in [1.82, 2.24) is 10.3 Å². The maximum Gasteiger partial charge on any atom is 0.267 e. The van der Waals surface area contributed by atoms with Crippen molar-refractivity contribution in [2.24, 2.45) is 5.10 Å². The Hall–Kier alpha value is -2.28. The standard InChI is InChI=1S/C17H20FN3O3/c18-13-5-3-12(4-6-13)11-21-16(22)8-7-15(20-21)17(23)19-10-14-2-1-9-24-14/h3-6,14H,1-2,7-11H2,(H,19,23). The van der Waals surface area contributed by atoms with E-state index in [4.69, 9.17) is 4.74 Å². The van der Waals surface area contributed by atoms with Crippen molar-refractivity contribution in [1.29, 1.82) is 0 Å². The van der Waals surface area contributed by atoms with Gasteiger partial charge >= 0.3 is 0 Å². The number of nitrogens with one attached hydrogen (secondary N) is 1. The van der Waals surface area contributed by atoms with Gasteiger partial charge in [-0.3, -0.25) is 9.59 Å². The summed E-state index contributed by atoms with van der Waals surface area (Å²) in [4.78, 5) is 24.2. The van der Waals surface area contributed by atoms with Gasteiger partial charge in [0.05, 0.1) is 12.6 Å². The third-order valence-electron chi connectivity index (χ3n) is 4.13. The fourth-order valence-electron chi connectivity index (χ4n) is 2.76. The summed E-state index contributed by atoms with van der Waals surface area (Å²) in [6, 6.07) is 5.87. The third-order valence-corrected chi connectivity index (χ3v) is 4.13. The van der Waals surface area contributed by atoms with Crippen molar-refractivity contribution in [2.75, 3.05) is 13.2 Å². The summed E-state index contributed by atoms with van der Waals surface area (Å²) in [5, 5.41) is 8.27. The number of carbonyl (C=O) groups excluding carboxylic acids is 2. The number of ether oxygens (including phenoxy) is 1. The van der Waals surface area contributed by atoms with Gasteiger partial charge in [0.25, 0.3) is 5.91 Å². The molecule has 0 radical (unpaired) electrons. The predicted octanol–water partition coefficient (Wildman–Crippen LogP) is 1.60. The molecule has 0 bridgehead atoms. The fourth-order valence-corrected chi connectivity index (χ4v) is 2.76. The van der Waals surface area contributed by atoms with Gasteiger partial charge in [-0.2, -0.15) is 5.10 Å². The van der Waals surface area contributed by atoms with Crippen LogP contribution in [0.5, 0.6) is 0 Å². The van der Waals surface area contributed by atoms with Gasteiger partial charge in [0, 0.05) is 26.0 Å². The average molecular weight is 333 g/mol. The Labute approximate surface area is 139 Å². The molecule has 7 heteroatoms. The normalized spacial score (nSPS) is 20.9. The van der Waals surface area contributed by atoms with E-state index in [0.29, 0.717) is 18.7 Å². The van der Waals surface area contributed by atoms with Crippen LogP contribution in [0, 0.1) is 5.82 Å². The van der Waals surface area contributed by atoms with E-state index in [0.717, 1.165) is 25.0 Å². The van der Waals surface area contributed by atoms with E-state index in [1.807, 2.05) is 0 Å². The minimum Gasteiger partial charge on any atom is -0.376 e. The average Bonchev–Trinajstić information content (AvgIpc) is 3.10. The summed E-state index contributed by atoms with van der Waals surface area (Å²) >= 11 is 0. The van der Waals surface area contributed by atoms with Gasteiger partial charge in [-0.1, -0.05) is 12.1 Å². The van der Waals surface area contributed by atoms with E-state index in [-0.39, 0.29) is 36.7 Å². The summed E-state index contributed by atoms with van der Waals surface area (Å²) < 4.78 is 18.4. The number of hydrogen-bond acceptors (Lipinski definition) is 4. The summed E-state index contributed by atoms with van der Waals surface area (Å²) in [7, 11) is 0. The van der Waals surface area contributed by atoms with Gasteiger partial charge in [0.1, 0.15) is 11.5 Å². The van der Waals surface area contributed by atoms with Crippen LogP contribution in [0.1, 0.15) is 31.2 Å². The zero-order valence-corrected chi connectivity index (χ0v) is 13.3. The second-order valence-corrected chi connectivity index (χ2v) is 5.97. The van der Waals surface area contributed by atoms with Crippen LogP contribution in [-0.4, -0.2) is 41.8 Å². The Kier molecular flexibility index (Phi) is 5.20. The van der Waals surface area contributed by atoms with Gasteiger partial charge in [-0.15, -0.1) is 0 Å². The number of nitrogens with zero attached hydrogens (tertiary/aromatic N) is 2. The van der Waals surface area contributed by atoms with Crippen LogP contribution < -0.4 is 5.32 Å². The number of hydrogen-bond donors (Lipinski definition) is 1. The van der Waals surface area contributed by atoms with Crippen LogP contribution in [0.4, 0.5) is 4.39 Å². The van der Waals surface area contributed by atoms with Crippen molar-refractivity contribution in [3.63, 3.8) is 0 Å². The zero-order chi connectivity index (χ0) is 16.9. The highest BCUT2D eigenvalue weighted by atomic mass is 19.1. The quantitative estimate of drug-likeness (QED) is 0.890. The molecule has 2 aliphatic rings. The molecule has 0 spiro atoms. The van der Waals surface area contributed by atoms with Crippen LogP contribution in [0.25, 0.3) is 0 Å².